The molecule has 0 radical (unpaired) electrons. The summed E-state index contributed by atoms with van der Waals surface area (Å²) in [5, 5.41) is 10.8. The number of aryl methyl sites for hydroxylation is 2. The highest BCUT2D eigenvalue weighted by molar-refractivity contribution is 5.91. The number of aromatic nitrogens is 2. The van der Waals surface area contributed by atoms with E-state index in [1.54, 1.807) is 0 Å². The summed E-state index contributed by atoms with van der Waals surface area (Å²) in [5.74, 6) is 2.10. The standard InChI is InChI=1S/C27H36N6O/c1-5-20-10-8-9-18(2)24(20)31-27(34)28-17-19-13-15-21(16-14-19)29-26-30-23-12-7-6-11-22(23)25(32-26)33(3)4/h6-12,19,21H,5,13-17H2,1-4H3,(H2,28,31,34)(H,29,30,32)/t19-,21+. The van der Waals surface area contributed by atoms with Gasteiger partial charge in [0.2, 0.25) is 5.95 Å². The number of carbonyl (C=O) groups excluding carboxylic acids is 1. The molecule has 1 saturated carbocycles. The highest BCUT2D eigenvalue weighted by atomic mass is 16.2. The number of hydrogen-bond donors (Lipinski definition) is 3. The third kappa shape index (κ3) is 5.58. The second kappa shape index (κ2) is 10.7. The normalized spacial score (nSPS) is 17.9. The predicted octanol–water partition coefficient (Wildman–Crippen LogP) is 5.36. The topological polar surface area (TPSA) is 82.2 Å². The molecule has 3 aromatic rings. The van der Waals surface area contributed by atoms with Gasteiger partial charge in [0.25, 0.3) is 0 Å². The number of nitrogens with zero attached hydrogens (tertiary/aromatic N) is 3. The highest BCUT2D eigenvalue weighted by Crippen LogP contribution is 2.28. The van der Waals surface area contributed by atoms with Gasteiger partial charge >= 0.3 is 6.03 Å². The predicted molar refractivity (Wildman–Crippen MR) is 141 cm³/mol. The molecular formula is C27H36N6O. The average Bonchev–Trinajstić information content (AvgIpc) is 2.84. The van der Waals surface area contributed by atoms with Gasteiger partial charge in [0.05, 0.1) is 5.52 Å². The second-order valence-corrected chi connectivity index (χ2v) is 9.44. The van der Waals surface area contributed by atoms with Crippen LogP contribution in [0.3, 0.4) is 0 Å². The Labute approximate surface area is 202 Å². The molecule has 0 saturated heterocycles. The van der Waals surface area contributed by atoms with E-state index in [9.17, 15) is 4.79 Å². The van der Waals surface area contributed by atoms with Crippen LogP contribution in [0.25, 0.3) is 10.9 Å². The van der Waals surface area contributed by atoms with Crippen molar-refractivity contribution in [1.82, 2.24) is 15.3 Å². The van der Waals surface area contributed by atoms with Gasteiger partial charge in [0.15, 0.2) is 0 Å². The van der Waals surface area contributed by atoms with E-state index in [2.05, 4.69) is 35.0 Å². The quantitative estimate of drug-likeness (QED) is 0.442. The van der Waals surface area contributed by atoms with Crippen LogP contribution in [0.5, 0.6) is 0 Å². The number of urea groups is 1. The second-order valence-electron chi connectivity index (χ2n) is 9.44. The van der Waals surface area contributed by atoms with Gasteiger partial charge < -0.3 is 20.9 Å². The Balaban J connectivity index is 1.28. The van der Waals surface area contributed by atoms with Gasteiger partial charge in [0, 0.05) is 37.8 Å². The third-order valence-corrected chi connectivity index (χ3v) is 6.72. The molecule has 0 atom stereocenters. The fourth-order valence-electron chi connectivity index (χ4n) is 4.76. The molecule has 0 spiro atoms. The number of hydrogen-bond acceptors (Lipinski definition) is 5. The summed E-state index contributed by atoms with van der Waals surface area (Å²) in [6, 6.07) is 14.5. The zero-order chi connectivity index (χ0) is 24.1. The van der Waals surface area contributed by atoms with Crippen molar-refractivity contribution >= 4 is 34.4 Å². The van der Waals surface area contributed by atoms with Crippen molar-refractivity contribution in [1.29, 1.82) is 0 Å². The average molecular weight is 461 g/mol. The molecule has 0 aliphatic heterocycles. The molecule has 1 fully saturated rings. The summed E-state index contributed by atoms with van der Waals surface area (Å²) in [6.07, 6.45) is 5.11. The van der Waals surface area contributed by atoms with E-state index in [1.807, 2.05) is 56.3 Å². The molecule has 3 N–H and O–H groups in total. The minimum atomic E-state index is -0.120. The first-order valence-electron chi connectivity index (χ1n) is 12.3. The summed E-state index contributed by atoms with van der Waals surface area (Å²) in [5.41, 5.74) is 4.14. The van der Waals surface area contributed by atoms with Crippen molar-refractivity contribution in [2.45, 2.75) is 52.0 Å². The number of amides is 2. The van der Waals surface area contributed by atoms with E-state index in [4.69, 9.17) is 9.97 Å². The van der Waals surface area contributed by atoms with E-state index in [0.717, 1.165) is 65.6 Å². The maximum atomic E-state index is 12.5. The Morgan fingerprint density at radius 1 is 1.03 bits per heavy atom. The Morgan fingerprint density at radius 2 is 1.79 bits per heavy atom. The molecule has 2 amide bonds. The van der Waals surface area contributed by atoms with E-state index < -0.39 is 0 Å². The lowest BCUT2D eigenvalue weighted by Crippen LogP contribution is -2.36. The molecule has 1 aliphatic rings. The van der Waals surface area contributed by atoms with Crippen LogP contribution in [-0.4, -0.2) is 42.7 Å². The molecule has 1 heterocycles. The smallest absolute Gasteiger partial charge is 0.319 e. The van der Waals surface area contributed by atoms with Gasteiger partial charge in [-0.2, -0.15) is 4.98 Å². The van der Waals surface area contributed by atoms with Crippen LogP contribution in [0.1, 0.15) is 43.7 Å². The maximum absolute atomic E-state index is 12.5. The summed E-state index contributed by atoms with van der Waals surface area (Å²) in [4.78, 5) is 24.1. The first-order valence-corrected chi connectivity index (χ1v) is 12.3. The largest absolute Gasteiger partial charge is 0.362 e. The Bertz CT molecular complexity index is 1140. The fraction of sp³-hybridized carbons (Fsp3) is 0.444. The number of carbonyl (C=O) groups is 1. The van der Waals surface area contributed by atoms with Crippen LogP contribution in [0.2, 0.25) is 0 Å². The molecule has 34 heavy (non-hydrogen) atoms. The fourth-order valence-corrected chi connectivity index (χ4v) is 4.76. The highest BCUT2D eigenvalue weighted by Gasteiger charge is 2.23. The van der Waals surface area contributed by atoms with Crippen molar-refractivity contribution in [3.63, 3.8) is 0 Å². The van der Waals surface area contributed by atoms with Gasteiger partial charge in [-0.3, -0.25) is 0 Å². The molecule has 180 valence electrons. The van der Waals surface area contributed by atoms with Crippen LogP contribution < -0.4 is 20.9 Å². The number of benzene rings is 2. The van der Waals surface area contributed by atoms with Crippen molar-refractivity contribution in [3.05, 3.63) is 53.6 Å². The summed E-state index contributed by atoms with van der Waals surface area (Å²) in [6.45, 7) is 4.83. The number of rotatable bonds is 7. The van der Waals surface area contributed by atoms with Crippen LogP contribution in [0.4, 0.5) is 22.2 Å². The lowest BCUT2D eigenvalue weighted by atomic mass is 9.86. The molecule has 2 aromatic carbocycles. The first kappa shape index (κ1) is 23.8. The van der Waals surface area contributed by atoms with E-state index in [-0.39, 0.29) is 6.03 Å². The van der Waals surface area contributed by atoms with Gasteiger partial charge in [-0.25, -0.2) is 9.78 Å². The van der Waals surface area contributed by atoms with Crippen LogP contribution in [-0.2, 0) is 6.42 Å². The SMILES string of the molecule is CCc1cccc(C)c1NC(=O)NC[C@H]1CC[C@@H](Nc2nc(N(C)C)c3ccccc3n2)CC1. The minimum absolute atomic E-state index is 0.120. The molecular weight excluding hydrogens is 424 g/mol. The number of anilines is 3. The number of nitrogens with one attached hydrogen (secondary N) is 3. The van der Waals surface area contributed by atoms with Gasteiger partial charge in [0.1, 0.15) is 5.82 Å². The van der Waals surface area contributed by atoms with E-state index in [1.165, 1.54) is 0 Å². The monoisotopic (exact) mass is 460 g/mol. The minimum Gasteiger partial charge on any atom is -0.362 e. The van der Waals surface area contributed by atoms with Crippen LogP contribution >= 0.6 is 0 Å². The van der Waals surface area contributed by atoms with Crippen molar-refractivity contribution in [2.24, 2.45) is 5.92 Å². The summed E-state index contributed by atoms with van der Waals surface area (Å²) < 4.78 is 0. The molecule has 4 rings (SSSR count). The number of fused-ring (bicyclic) bond motifs is 1. The molecule has 0 bridgehead atoms. The molecule has 7 heteroatoms. The maximum Gasteiger partial charge on any atom is 0.319 e. The Kier molecular flexibility index (Phi) is 7.50. The van der Waals surface area contributed by atoms with E-state index >= 15 is 0 Å². The van der Waals surface area contributed by atoms with E-state index in [0.29, 0.717) is 24.5 Å². The molecule has 1 aromatic heterocycles. The van der Waals surface area contributed by atoms with Crippen molar-refractivity contribution in [3.8, 4) is 0 Å². The molecule has 0 unspecified atom stereocenters. The zero-order valence-electron chi connectivity index (χ0n) is 20.7. The lowest BCUT2D eigenvalue weighted by molar-refractivity contribution is 0.246. The van der Waals surface area contributed by atoms with Crippen molar-refractivity contribution < 1.29 is 4.79 Å². The third-order valence-electron chi connectivity index (χ3n) is 6.72. The summed E-state index contributed by atoms with van der Waals surface area (Å²) >= 11 is 0. The van der Waals surface area contributed by atoms with Gasteiger partial charge in [-0.1, -0.05) is 37.3 Å². The zero-order valence-corrected chi connectivity index (χ0v) is 20.7. The van der Waals surface area contributed by atoms with Crippen LogP contribution in [0.15, 0.2) is 42.5 Å². The summed E-state index contributed by atoms with van der Waals surface area (Å²) in [7, 11) is 4.02. The molecule has 1 aliphatic carbocycles. The first-order chi connectivity index (χ1) is 16.4. The van der Waals surface area contributed by atoms with Crippen LogP contribution in [0, 0.1) is 12.8 Å². The Morgan fingerprint density at radius 3 is 2.53 bits per heavy atom. The number of para-hydroxylation sites is 2. The Hall–Kier alpha value is -3.35. The van der Waals surface area contributed by atoms with Gasteiger partial charge in [-0.15, -0.1) is 0 Å². The lowest BCUT2D eigenvalue weighted by Gasteiger charge is -2.29. The van der Waals surface area contributed by atoms with Gasteiger partial charge in [-0.05, 0) is 68.2 Å². The van der Waals surface area contributed by atoms with Crippen molar-refractivity contribution in [2.75, 3.05) is 36.2 Å². The molecule has 7 nitrogen and oxygen atoms in total.